The van der Waals surface area contributed by atoms with Crippen LogP contribution in [0.15, 0.2) is 12.1 Å². The van der Waals surface area contributed by atoms with Crippen molar-refractivity contribution in [1.82, 2.24) is 4.98 Å². The number of amides is 2. The van der Waals surface area contributed by atoms with Crippen LogP contribution in [-0.4, -0.2) is 21.7 Å². The maximum absolute atomic E-state index is 13.3. The number of aromatic nitrogens is 1. The van der Waals surface area contributed by atoms with Crippen molar-refractivity contribution in [3.8, 4) is 6.07 Å². The molecule has 13 heteroatoms. The molecule has 0 saturated heterocycles. The predicted octanol–water partition coefficient (Wildman–Crippen LogP) is 4.73. The highest BCUT2D eigenvalue weighted by atomic mass is 35.5. The molecule has 0 spiro atoms. The van der Waals surface area contributed by atoms with Gasteiger partial charge in [0.2, 0.25) is 5.91 Å². The molecule has 30 heavy (non-hydrogen) atoms. The molecule has 0 bridgehead atoms. The van der Waals surface area contributed by atoms with E-state index in [9.17, 15) is 38.1 Å². The number of anilines is 1. The molecule has 1 aromatic carbocycles. The van der Waals surface area contributed by atoms with Crippen LogP contribution >= 0.6 is 22.9 Å². The average Bonchev–Trinajstić information content (AvgIpc) is 3.04. The van der Waals surface area contributed by atoms with Gasteiger partial charge >= 0.3 is 6.18 Å². The minimum Gasteiger partial charge on any atom is -0.274 e. The maximum Gasteiger partial charge on any atom is 0.435 e. The average molecular weight is 461 g/mol. The van der Waals surface area contributed by atoms with E-state index >= 15 is 0 Å². The summed E-state index contributed by atoms with van der Waals surface area (Å²) in [7, 11) is 0. The smallest absolute Gasteiger partial charge is 0.274 e. The summed E-state index contributed by atoms with van der Waals surface area (Å²) >= 11 is 6.45. The second-order valence-electron chi connectivity index (χ2n) is 6.23. The molecule has 0 atom stereocenters. The van der Waals surface area contributed by atoms with E-state index in [0.29, 0.717) is 16.2 Å². The largest absolute Gasteiger partial charge is 0.435 e. The van der Waals surface area contributed by atoms with Gasteiger partial charge in [0.15, 0.2) is 5.69 Å². The number of thiazole rings is 1. The molecular weight excluding hydrogens is 449 g/mol. The van der Waals surface area contributed by atoms with E-state index in [1.807, 2.05) is 0 Å². The molecule has 2 rings (SSSR count). The van der Waals surface area contributed by atoms with Gasteiger partial charge in [-0.15, -0.1) is 11.3 Å². The minimum absolute atomic E-state index is 0.0714. The van der Waals surface area contributed by atoms with Crippen molar-refractivity contribution < 1.29 is 27.7 Å². The maximum atomic E-state index is 13.3. The molecule has 0 aliphatic carbocycles. The van der Waals surface area contributed by atoms with Gasteiger partial charge < -0.3 is 0 Å². The fourth-order valence-electron chi connectivity index (χ4n) is 2.44. The van der Waals surface area contributed by atoms with E-state index in [-0.39, 0.29) is 5.01 Å². The van der Waals surface area contributed by atoms with Gasteiger partial charge in [0.05, 0.1) is 26.2 Å². The Bertz CT molecular complexity index is 1090. The van der Waals surface area contributed by atoms with Gasteiger partial charge in [0, 0.05) is 18.1 Å². The molecule has 0 unspecified atom stereocenters. The molecule has 0 aliphatic rings. The lowest BCUT2D eigenvalue weighted by Gasteiger charge is -2.24. The summed E-state index contributed by atoms with van der Waals surface area (Å²) in [5.41, 5.74) is -3.12. The Morgan fingerprint density at radius 3 is 2.43 bits per heavy atom. The highest BCUT2D eigenvalue weighted by Gasteiger charge is 2.42. The summed E-state index contributed by atoms with van der Waals surface area (Å²) in [6.07, 6.45) is -4.97. The van der Waals surface area contributed by atoms with Crippen LogP contribution in [0.4, 0.5) is 24.5 Å². The van der Waals surface area contributed by atoms with E-state index < -0.39 is 61.4 Å². The molecule has 158 valence electrons. The molecule has 0 fully saturated rings. The summed E-state index contributed by atoms with van der Waals surface area (Å²) in [6, 6.07) is 3.17. The zero-order valence-electron chi connectivity index (χ0n) is 15.6. The molecule has 2 amide bonds. The minimum atomic E-state index is -4.97. The number of nitrogens with zero attached hydrogens (tertiary/aromatic N) is 4. The van der Waals surface area contributed by atoms with Crippen molar-refractivity contribution >= 4 is 46.1 Å². The number of nitriles is 1. The zero-order valence-corrected chi connectivity index (χ0v) is 17.1. The number of hydrogen-bond acceptors (Lipinski definition) is 7. The number of hydrogen-bond donors (Lipinski definition) is 0. The van der Waals surface area contributed by atoms with E-state index in [0.717, 1.165) is 12.1 Å². The third-order valence-electron chi connectivity index (χ3n) is 3.72. The number of carbonyl (C=O) groups is 2. The van der Waals surface area contributed by atoms with Crippen LogP contribution < -0.4 is 4.90 Å². The van der Waals surface area contributed by atoms with Crippen LogP contribution in [0.2, 0.25) is 5.02 Å². The van der Waals surface area contributed by atoms with Gasteiger partial charge in [-0.25, -0.2) is 9.88 Å². The summed E-state index contributed by atoms with van der Waals surface area (Å²) in [4.78, 5) is 38.8. The Hall–Kier alpha value is -3.04. The predicted molar refractivity (Wildman–Crippen MR) is 101 cm³/mol. The lowest BCUT2D eigenvalue weighted by Crippen LogP contribution is -2.40. The van der Waals surface area contributed by atoms with Crippen LogP contribution in [0.1, 0.15) is 39.8 Å². The monoisotopic (exact) mass is 460 g/mol. The van der Waals surface area contributed by atoms with Gasteiger partial charge in [0.1, 0.15) is 10.9 Å². The standard InChI is InChI=1S/C17H12ClF3N4O4S/c1-7(2)15(26)24(12-9(6-22)4-10(25(28)29)5-11(12)18)16(27)13-14(17(19,20)21)23-8(3)30-13/h4-5,7H,1-3H3. The van der Waals surface area contributed by atoms with Gasteiger partial charge in [-0.3, -0.25) is 19.7 Å². The zero-order chi connectivity index (χ0) is 23.0. The van der Waals surface area contributed by atoms with Crippen LogP contribution in [-0.2, 0) is 11.0 Å². The number of imide groups is 1. The highest BCUT2D eigenvalue weighted by molar-refractivity contribution is 7.14. The van der Waals surface area contributed by atoms with Crippen molar-refractivity contribution in [2.45, 2.75) is 26.9 Å². The number of nitro groups is 1. The van der Waals surface area contributed by atoms with Gasteiger partial charge in [0.25, 0.3) is 11.6 Å². The summed E-state index contributed by atoms with van der Waals surface area (Å²) < 4.78 is 40.0. The first-order valence-electron chi connectivity index (χ1n) is 8.10. The quantitative estimate of drug-likeness (QED) is 0.480. The third kappa shape index (κ3) is 4.42. The number of non-ortho nitro benzene ring substituents is 1. The van der Waals surface area contributed by atoms with Gasteiger partial charge in [-0.2, -0.15) is 18.4 Å². The van der Waals surface area contributed by atoms with Gasteiger partial charge in [-0.1, -0.05) is 25.4 Å². The van der Waals surface area contributed by atoms with Crippen LogP contribution in [0.5, 0.6) is 0 Å². The Kier molecular flexibility index (Phi) is 6.48. The lowest BCUT2D eigenvalue weighted by atomic mass is 10.1. The number of benzene rings is 1. The van der Waals surface area contributed by atoms with Crippen molar-refractivity contribution in [3.05, 3.63) is 48.4 Å². The van der Waals surface area contributed by atoms with E-state index in [1.54, 1.807) is 6.07 Å². The van der Waals surface area contributed by atoms with Crippen molar-refractivity contribution in [3.63, 3.8) is 0 Å². The van der Waals surface area contributed by atoms with Crippen molar-refractivity contribution in [1.29, 1.82) is 5.26 Å². The molecule has 8 nitrogen and oxygen atoms in total. The highest BCUT2D eigenvalue weighted by Crippen LogP contribution is 2.39. The molecule has 2 aromatic rings. The van der Waals surface area contributed by atoms with Crippen molar-refractivity contribution in [2.24, 2.45) is 5.92 Å². The second-order valence-corrected chi connectivity index (χ2v) is 7.84. The van der Waals surface area contributed by atoms with Gasteiger partial charge in [-0.05, 0) is 6.92 Å². The summed E-state index contributed by atoms with van der Waals surface area (Å²) in [5.74, 6) is -3.22. The number of rotatable bonds is 4. The molecule has 1 heterocycles. The summed E-state index contributed by atoms with van der Waals surface area (Å²) in [5, 5.41) is 19.8. The van der Waals surface area contributed by atoms with E-state index in [1.165, 1.54) is 20.8 Å². The Morgan fingerprint density at radius 1 is 1.37 bits per heavy atom. The van der Waals surface area contributed by atoms with E-state index in [4.69, 9.17) is 11.6 Å². The molecule has 0 aliphatic heterocycles. The Morgan fingerprint density at radius 2 is 1.97 bits per heavy atom. The first-order chi connectivity index (χ1) is 13.8. The molecular formula is C17H12ClF3N4O4S. The van der Waals surface area contributed by atoms with E-state index in [2.05, 4.69) is 4.98 Å². The number of carbonyl (C=O) groups excluding carboxylic acids is 2. The fraction of sp³-hybridized carbons (Fsp3) is 0.294. The normalized spacial score (nSPS) is 11.3. The number of aryl methyl sites for hydroxylation is 1. The van der Waals surface area contributed by atoms with Crippen molar-refractivity contribution in [2.75, 3.05) is 4.90 Å². The third-order valence-corrected chi connectivity index (χ3v) is 4.96. The first kappa shape index (κ1) is 23.2. The van der Waals surface area contributed by atoms with Crippen LogP contribution in [0.3, 0.4) is 0 Å². The van der Waals surface area contributed by atoms with Crippen LogP contribution in [0, 0.1) is 34.3 Å². The number of alkyl halides is 3. The molecule has 1 aromatic heterocycles. The topological polar surface area (TPSA) is 117 Å². The SMILES string of the molecule is Cc1nc(C(F)(F)F)c(C(=O)N(C(=O)C(C)C)c2c(Cl)cc([N+](=O)[O-])cc2C#N)s1. The number of halogens is 4. The fourth-order valence-corrected chi connectivity index (χ4v) is 3.61. The Balaban J connectivity index is 2.80. The lowest BCUT2D eigenvalue weighted by molar-refractivity contribution is -0.384. The Labute approximate surface area is 176 Å². The second kappa shape index (κ2) is 8.37. The molecule has 0 radical (unpaired) electrons. The molecule has 0 N–H and O–H groups in total. The first-order valence-corrected chi connectivity index (χ1v) is 9.30. The summed E-state index contributed by atoms with van der Waals surface area (Å²) in [6.45, 7) is 4.03. The van der Waals surface area contributed by atoms with Crippen LogP contribution in [0.25, 0.3) is 0 Å². The molecule has 0 saturated carbocycles. The number of nitro benzene ring substituents is 1.